The lowest BCUT2D eigenvalue weighted by molar-refractivity contribution is 1.15. The van der Waals surface area contributed by atoms with Crippen LogP contribution >= 0.6 is 0 Å². The van der Waals surface area contributed by atoms with Gasteiger partial charge in [0.25, 0.3) is 5.56 Å². The van der Waals surface area contributed by atoms with E-state index in [1.165, 1.54) is 27.2 Å². The van der Waals surface area contributed by atoms with E-state index in [0.29, 0.717) is 5.52 Å². The smallest absolute Gasteiger partial charge is 0.273 e. The van der Waals surface area contributed by atoms with Crippen LogP contribution in [0.1, 0.15) is 0 Å². The largest absolute Gasteiger partial charge is 0.320 e. The lowest BCUT2D eigenvalue weighted by Crippen LogP contribution is -2.10. The minimum absolute atomic E-state index is 0.113. The fourth-order valence-corrected chi connectivity index (χ4v) is 9.18. The summed E-state index contributed by atoms with van der Waals surface area (Å²) < 4.78 is 6.82. The molecule has 0 unspecified atom stereocenters. The molecule has 8 aromatic carbocycles. The summed E-state index contributed by atoms with van der Waals surface area (Å²) in [5, 5.41) is 7.73. The lowest BCUT2D eigenvalue weighted by atomic mass is 10.00. The topological polar surface area (TPSA) is 47.6 Å². The molecule has 4 heterocycles. The third-order valence-corrected chi connectivity index (χ3v) is 11.6. The molecule has 0 spiro atoms. The molecule has 0 radical (unpaired) electrons. The number of H-pyrrole nitrogens is 1. The quantitative estimate of drug-likeness (QED) is 0.194. The van der Waals surface area contributed by atoms with Crippen LogP contribution in [-0.4, -0.2) is 18.7 Å². The van der Waals surface area contributed by atoms with Crippen LogP contribution in [0.2, 0.25) is 0 Å². The molecule has 0 fully saturated rings. The van der Waals surface area contributed by atoms with Gasteiger partial charge in [0.2, 0.25) is 0 Å². The molecular formula is C51H32N4O. The Morgan fingerprint density at radius 3 is 1.43 bits per heavy atom. The highest BCUT2D eigenvalue weighted by molar-refractivity contribution is 6.21. The van der Waals surface area contributed by atoms with Crippen LogP contribution in [-0.2, 0) is 0 Å². The van der Waals surface area contributed by atoms with Gasteiger partial charge in [0.1, 0.15) is 5.52 Å². The Balaban J connectivity index is 1.12. The number of hydrogen-bond acceptors (Lipinski definition) is 1. The van der Waals surface area contributed by atoms with Gasteiger partial charge in [-0.3, -0.25) is 4.79 Å². The first-order valence-electron chi connectivity index (χ1n) is 19.0. The fourth-order valence-electron chi connectivity index (χ4n) is 9.18. The highest BCUT2D eigenvalue weighted by atomic mass is 16.1. The zero-order chi connectivity index (χ0) is 36.9. The highest BCUT2D eigenvalue weighted by Crippen LogP contribution is 2.40. The summed E-state index contributed by atoms with van der Waals surface area (Å²) in [6.45, 7) is 0. The average Bonchev–Trinajstić information content (AvgIpc) is 3.90. The van der Waals surface area contributed by atoms with Crippen LogP contribution < -0.4 is 5.56 Å². The van der Waals surface area contributed by atoms with Gasteiger partial charge >= 0.3 is 0 Å². The van der Waals surface area contributed by atoms with Crippen molar-refractivity contribution in [3.63, 3.8) is 0 Å². The molecular weight excluding hydrogens is 685 g/mol. The number of nitrogens with zero attached hydrogens (tertiary/aromatic N) is 3. The van der Waals surface area contributed by atoms with Gasteiger partial charge in [-0.2, -0.15) is 0 Å². The van der Waals surface area contributed by atoms with E-state index < -0.39 is 0 Å². The summed E-state index contributed by atoms with van der Waals surface area (Å²) in [7, 11) is 0. The van der Waals surface area contributed by atoms with Crippen molar-refractivity contribution in [3.8, 4) is 28.2 Å². The molecule has 0 aliphatic rings. The zero-order valence-electron chi connectivity index (χ0n) is 30.1. The van der Waals surface area contributed by atoms with Crippen molar-refractivity contribution in [1.29, 1.82) is 0 Å². The second kappa shape index (κ2) is 11.7. The Bertz CT molecular complexity index is 3600. The average molecular weight is 717 g/mol. The predicted molar refractivity (Wildman–Crippen MR) is 233 cm³/mol. The monoisotopic (exact) mass is 716 g/mol. The maximum absolute atomic E-state index is 14.3. The maximum Gasteiger partial charge on any atom is 0.273 e. The first-order valence-corrected chi connectivity index (χ1v) is 19.0. The summed E-state index contributed by atoms with van der Waals surface area (Å²) in [5.41, 5.74) is 12.4. The Labute approximate surface area is 320 Å². The van der Waals surface area contributed by atoms with E-state index >= 15 is 0 Å². The Morgan fingerprint density at radius 1 is 0.339 bits per heavy atom. The third kappa shape index (κ3) is 4.34. The molecule has 0 aliphatic heterocycles. The SMILES string of the molecule is O=c1[nH]c2ccccc2c2c3cc(-c4ccc5c(c4)c4ccccc4n5-c4ccccc4)ccc3n(-c3ccc4c(c3)c3ccccc3n4-c3ccccc3)c12. The molecule has 4 aromatic heterocycles. The van der Waals surface area contributed by atoms with Gasteiger partial charge in [-0.25, -0.2) is 0 Å². The number of nitrogens with one attached hydrogen (secondary N) is 1. The van der Waals surface area contributed by atoms with Crippen molar-refractivity contribution in [3.05, 3.63) is 198 Å². The molecule has 12 aromatic rings. The second-order valence-electron chi connectivity index (χ2n) is 14.6. The molecule has 0 bridgehead atoms. The lowest BCUT2D eigenvalue weighted by Gasteiger charge is -2.10. The van der Waals surface area contributed by atoms with E-state index in [4.69, 9.17) is 0 Å². The van der Waals surface area contributed by atoms with E-state index in [2.05, 4.69) is 182 Å². The predicted octanol–water partition coefficient (Wildman–Crippen LogP) is 12.5. The summed E-state index contributed by atoms with van der Waals surface area (Å²) >= 11 is 0. The number of para-hydroxylation sites is 5. The molecule has 5 nitrogen and oxygen atoms in total. The number of hydrogen-bond donors (Lipinski definition) is 1. The first-order chi connectivity index (χ1) is 27.7. The van der Waals surface area contributed by atoms with Crippen molar-refractivity contribution in [2.75, 3.05) is 0 Å². The number of aromatic nitrogens is 4. The Hall–Kier alpha value is -7.63. The second-order valence-corrected chi connectivity index (χ2v) is 14.6. The summed E-state index contributed by atoms with van der Waals surface area (Å²) in [6, 6.07) is 66.4. The molecule has 0 atom stereocenters. The van der Waals surface area contributed by atoms with Gasteiger partial charge in [0, 0.05) is 60.3 Å². The van der Waals surface area contributed by atoms with Gasteiger partial charge in [0.15, 0.2) is 0 Å². The number of aromatic amines is 1. The normalized spacial score (nSPS) is 12.0. The van der Waals surface area contributed by atoms with Crippen molar-refractivity contribution >= 4 is 76.3 Å². The minimum atomic E-state index is -0.113. The molecule has 5 heteroatoms. The maximum atomic E-state index is 14.3. The van der Waals surface area contributed by atoms with Crippen LogP contribution in [0, 0.1) is 0 Å². The Morgan fingerprint density at radius 2 is 0.804 bits per heavy atom. The van der Waals surface area contributed by atoms with Crippen molar-refractivity contribution in [2.24, 2.45) is 0 Å². The number of pyridine rings is 1. The summed E-state index contributed by atoms with van der Waals surface area (Å²) in [5.74, 6) is 0. The van der Waals surface area contributed by atoms with Crippen molar-refractivity contribution in [2.45, 2.75) is 0 Å². The molecule has 262 valence electrons. The number of benzene rings is 8. The Kier molecular flexibility index (Phi) is 6.42. The van der Waals surface area contributed by atoms with Crippen LogP contribution in [0.15, 0.2) is 193 Å². The van der Waals surface area contributed by atoms with Gasteiger partial charge < -0.3 is 18.7 Å². The molecule has 56 heavy (non-hydrogen) atoms. The van der Waals surface area contributed by atoms with E-state index in [9.17, 15) is 4.79 Å². The van der Waals surface area contributed by atoms with Crippen molar-refractivity contribution < 1.29 is 0 Å². The summed E-state index contributed by atoms with van der Waals surface area (Å²) in [6.07, 6.45) is 0. The fraction of sp³-hybridized carbons (Fsp3) is 0. The van der Waals surface area contributed by atoms with Gasteiger partial charge in [0.05, 0.1) is 27.6 Å². The van der Waals surface area contributed by atoms with Crippen LogP contribution in [0.3, 0.4) is 0 Å². The van der Waals surface area contributed by atoms with E-state index in [1.807, 2.05) is 24.3 Å². The molecule has 0 amide bonds. The van der Waals surface area contributed by atoms with E-state index in [0.717, 1.165) is 71.8 Å². The molecule has 12 rings (SSSR count). The zero-order valence-corrected chi connectivity index (χ0v) is 30.1. The molecule has 1 N–H and O–H groups in total. The first kappa shape index (κ1) is 30.8. The number of rotatable bonds is 4. The van der Waals surface area contributed by atoms with Crippen molar-refractivity contribution in [1.82, 2.24) is 18.7 Å². The van der Waals surface area contributed by atoms with E-state index in [-0.39, 0.29) is 5.56 Å². The van der Waals surface area contributed by atoms with Gasteiger partial charge in [-0.05, 0) is 96.1 Å². The highest BCUT2D eigenvalue weighted by Gasteiger charge is 2.21. The van der Waals surface area contributed by atoms with E-state index in [1.54, 1.807) is 0 Å². The minimum Gasteiger partial charge on any atom is -0.320 e. The summed E-state index contributed by atoms with van der Waals surface area (Å²) in [4.78, 5) is 17.5. The third-order valence-electron chi connectivity index (χ3n) is 11.6. The van der Waals surface area contributed by atoms with Gasteiger partial charge in [-0.1, -0.05) is 103 Å². The number of fused-ring (bicyclic) bond motifs is 11. The van der Waals surface area contributed by atoms with Gasteiger partial charge in [-0.15, -0.1) is 0 Å². The standard InChI is InChI=1S/C51H32N4O/c56-51-50-49(39-19-7-10-20-43(39)52-51)42-30-33(32-23-26-46-40(29-32)37-17-8-11-21-44(37)53(46)34-13-3-1-4-14-34)24-27-48(42)55(50)36-25-28-47-41(31-36)38-18-9-12-22-45(38)54(47)35-15-5-2-6-16-35/h1-31H,(H,52,56). The molecule has 0 saturated carbocycles. The molecule has 0 saturated heterocycles. The molecule has 0 aliphatic carbocycles. The van der Waals surface area contributed by atoms with Crippen LogP contribution in [0.25, 0.3) is 105 Å². The van der Waals surface area contributed by atoms with Crippen LogP contribution in [0.4, 0.5) is 0 Å². The van der Waals surface area contributed by atoms with Crippen LogP contribution in [0.5, 0.6) is 0 Å².